The van der Waals surface area contributed by atoms with Crippen molar-refractivity contribution in [2.24, 2.45) is 0 Å². The highest BCUT2D eigenvalue weighted by molar-refractivity contribution is 5.19. The predicted octanol–water partition coefficient (Wildman–Crippen LogP) is 3.43. The van der Waals surface area contributed by atoms with Gasteiger partial charge in [-0.15, -0.1) is 0 Å². The molecule has 2 rings (SSSR count). The Hall–Kier alpha value is -0.930. The van der Waals surface area contributed by atoms with Gasteiger partial charge in [0, 0.05) is 12.1 Å². The SMILES string of the molecule is CC1CC(N[C@H](C)c2ccc(F)cc2)CC(C)O1. The van der Waals surface area contributed by atoms with Gasteiger partial charge in [0.25, 0.3) is 0 Å². The molecule has 0 saturated carbocycles. The fraction of sp³-hybridized carbons (Fsp3) is 0.600. The molecule has 18 heavy (non-hydrogen) atoms. The minimum atomic E-state index is -0.181. The molecule has 3 atom stereocenters. The van der Waals surface area contributed by atoms with E-state index in [-0.39, 0.29) is 11.9 Å². The summed E-state index contributed by atoms with van der Waals surface area (Å²) in [6.07, 6.45) is 2.70. The van der Waals surface area contributed by atoms with E-state index in [4.69, 9.17) is 4.74 Å². The Balaban J connectivity index is 1.94. The predicted molar refractivity (Wildman–Crippen MR) is 71.0 cm³/mol. The molecule has 1 aromatic rings. The highest BCUT2D eigenvalue weighted by Crippen LogP contribution is 2.22. The van der Waals surface area contributed by atoms with E-state index in [1.165, 1.54) is 12.1 Å². The van der Waals surface area contributed by atoms with Gasteiger partial charge in [-0.3, -0.25) is 0 Å². The van der Waals surface area contributed by atoms with Gasteiger partial charge in [-0.05, 0) is 51.3 Å². The fourth-order valence-corrected chi connectivity index (χ4v) is 2.74. The zero-order valence-electron chi connectivity index (χ0n) is 11.3. The molecule has 0 amide bonds. The Bertz CT molecular complexity index is 369. The van der Waals surface area contributed by atoms with Gasteiger partial charge >= 0.3 is 0 Å². The van der Waals surface area contributed by atoms with Crippen molar-refractivity contribution in [3.05, 3.63) is 35.6 Å². The smallest absolute Gasteiger partial charge is 0.123 e. The molecule has 0 bridgehead atoms. The summed E-state index contributed by atoms with van der Waals surface area (Å²) in [6, 6.07) is 7.45. The average Bonchev–Trinajstić information content (AvgIpc) is 2.28. The number of benzene rings is 1. The first kappa shape index (κ1) is 13.5. The summed E-state index contributed by atoms with van der Waals surface area (Å²) in [6.45, 7) is 6.36. The first-order chi connectivity index (χ1) is 8.54. The van der Waals surface area contributed by atoms with Crippen LogP contribution in [-0.2, 0) is 4.74 Å². The zero-order chi connectivity index (χ0) is 13.1. The van der Waals surface area contributed by atoms with Crippen LogP contribution in [-0.4, -0.2) is 18.2 Å². The van der Waals surface area contributed by atoms with Crippen LogP contribution in [0.3, 0.4) is 0 Å². The van der Waals surface area contributed by atoms with Gasteiger partial charge in [0.15, 0.2) is 0 Å². The molecule has 0 spiro atoms. The van der Waals surface area contributed by atoms with Gasteiger partial charge < -0.3 is 10.1 Å². The second-order valence-electron chi connectivity index (χ2n) is 5.37. The monoisotopic (exact) mass is 251 g/mol. The van der Waals surface area contributed by atoms with Crippen molar-refractivity contribution in [1.29, 1.82) is 0 Å². The summed E-state index contributed by atoms with van der Waals surface area (Å²) in [4.78, 5) is 0. The standard InChI is InChI=1S/C15H22FNO/c1-10-8-15(9-11(2)18-10)17-12(3)13-4-6-14(16)7-5-13/h4-7,10-12,15,17H,8-9H2,1-3H3/t10?,11?,12-,15?/m1/s1. The second-order valence-corrected chi connectivity index (χ2v) is 5.37. The Morgan fingerprint density at radius 3 is 2.28 bits per heavy atom. The zero-order valence-corrected chi connectivity index (χ0v) is 11.3. The van der Waals surface area contributed by atoms with E-state index >= 15 is 0 Å². The van der Waals surface area contributed by atoms with E-state index < -0.39 is 0 Å². The van der Waals surface area contributed by atoms with E-state index in [1.54, 1.807) is 0 Å². The van der Waals surface area contributed by atoms with Crippen molar-refractivity contribution < 1.29 is 9.13 Å². The number of rotatable bonds is 3. The van der Waals surface area contributed by atoms with Crippen LogP contribution >= 0.6 is 0 Å². The van der Waals surface area contributed by atoms with Crippen molar-refractivity contribution in [2.75, 3.05) is 0 Å². The maximum atomic E-state index is 12.9. The minimum absolute atomic E-state index is 0.181. The lowest BCUT2D eigenvalue weighted by atomic mass is 9.98. The lowest BCUT2D eigenvalue weighted by Crippen LogP contribution is -2.42. The van der Waals surface area contributed by atoms with Crippen LogP contribution in [0, 0.1) is 5.82 Å². The highest BCUT2D eigenvalue weighted by Gasteiger charge is 2.25. The molecule has 1 N–H and O–H groups in total. The minimum Gasteiger partial charge on any atom is -0.375 e. The van der Waals surface area contributed by atoms with Crippen molar-refractivity contribution >= 4 is 0 Å². The average molecular weight is 251 g/mol. The molecule has 1 saturated heterocycles. The highest BCUT2D eigenvalue weighted by atomic mass is 19.1. The summed E-state index contributed by atoms with van der Waals surface area (Å²) in [5, 5.41) is 3.61. The molecule has 1 aromatic carbocycles. The molecular weight excluding hydrogens is 229 g/mol. The Kier molecular flexibility index (Phi) is 4.36. The van der Waals surface area contributed by atoms with Crippen LogP contribution in [0.1, 0.15) is 45.2 Å². The Morgan fingerprint density at radius 1 is 1.17 bits per heavy atom. The fourth-order valence-electron chi connectivity index (χ4n) is 2.74. The number of halogens is 1. The van der Waals surface area contributed by atoms with Gasteiger partial charge in [0.2, 0.25) is 0 Å². The second kappa shape index (κ2) is 5.81. The van der Waals surface area contributed by atoms with Gasteiger partial charge in [-0.25, -0.2) is 4.39 Å². The van der Waals surface area contributed by atoms with E-state index in [9.17, 15) is 4.39 Å². The van der Waals surface area contributed by atoms with E-state index in [0.29, 0.717) is 18.2 Å². The topological polar surface area (TPSA) is 21.3 Å². The summed E-state index contributed by atoms with van der Waals surface area (Å²) < 4.78 is 18.6. The van der Waals surface area contributed by atoms with E-state index in [1.807, 2.05) is 12.1 Å². The molecule has 1 aliphatic rings. The van der Waals surface area contributed by atoms with Crippen molar-refractivity contribution in [3.8, 4) is 0 Å². The summed E-state index contributed by atoms with van der Waals surface area (Å²) in [7, 11) is 0. The van der Waals surface area contributed by atoms with E-state index in [0.717, 1.165) is 18.4 Å². The van der Waals surface area contributed by atoms with Crippen LogP contribution in [0.15, 0.2) is 24.3 Å². The summed E-state index contributed by atoms with van der Waals surface area (Å²) in [5.41, 5.74) is 1.13. The maximum Gasteiger partial charge on any atom is 0.123 e. The molecule has 2 nitrogen and oxygen atoms in total. The van der Waals surface area contributed by atoms with Crippen LogP contribution < -0.4 is 5.32 Å². The van der Waals surface area contributed by atoms with Crippen molar-refractivity contribution in [1.82, 2.24) is 5.32 Å². The van der Waals surface area contributed by atoms with Gasteiger partial charge in [0.1, 0.15) is 5.82 Å². The third-order valence-corrected chi connectivity index (χ3v) is 3.55. The third kappa shape index (κ3) is 3.53. The first-order valence-electron chi connectivity index (χ1n) is 6.71. The van der Waals surface area contributed by atoms with E-state index in [2.05, 4.69) is 26.1 Å². The summed E-state index contributed by atoms with van der Waals surface area (Å²) in [5.74, 6) is -0.181. The Labute approximate surface area is 109 Å². The van der Waals surface area contributed by atoms with Gasteiger partial charge in [-0.2, -0.15) is 0 Å². The van der Waals surface area contributed by atoms with Gasteiger partial charge in [0.05, 0.1) is 12.2 Å². The molecular formula is C15H22FNO. The molecule has 0 radical (unpaired) electrons. The van der Waals surface area contributed by atoms with Crippen molar-refractivity contribution in [2.45, 2.75) is 57.9 Å². The molecule has 0 aromatic heterocycles. The van der Waals surface area contributed by atoms with Gasteiger partial charge in [-0.1, -0.05) is 12.1 Å². The molecule has 0 aliphatic carbocycles. The summed E-state index contributed by atoms with van der Waals surface area (Å²) >= 11 is 0. The number of hydrogen-bond acceptors (Lipinski definition) is 2. The van der Waals surface area contributed by atoms with Crippen LogP contribution in [0.2, 0.25) is 0 Å². The molecule has 1 aliphatic heterocycles. The molecule has 1 fully saturated rings. The van der Waals surface area contributed by atoms with Crippen LogP contribution in [0.4, 0.5) is 4.39 Å². The lowest BCUT2D eigenvalue weighted by Gasteiger charge is -2.34. The molecule has 2 unspecified atom stereocenters. The number of ether oxygens (including phenoxy) is 1. The quantitative estimate of drug-likeness (QED) is 0.888. The van der Waals surface area contributed by atoms with Crippen LogP contribution in [0.25, 0.3) is 0 Å². The third-order valence-electron chi connectivity index (χ3n) is 3.55. The first-order valence-corrected chi connectivity index (χ1v) is 6.71. The normalized spacial score (nSPS) is 30.1. The van der Waals surface area contributed by atoms with Crippen molar-refractivity contribution in [3.63, 3.8) is 0 Å². The molecule has 100 valence electrons. The Morgan fingerprint density at radius 2 is 1.72 bits per heavy atom. The maximum absolute atomic E-state index is 12.9. The lowest BCUT2D eigenvalue weighted by molar-refractivity contribution is -0.0433. The number of nitrogens with one attached hydrogen (secondary N) is 1. The largest absolute Gasteiger partial charge is 0.375 e. The van der Waals surface area contributed by atoms with Crippen LogP contribution in [0.5, 0.6) is 0 Å². The number of hydrogen-bond donors (Lipinski definition) is 1. The molecule has 3 heteroatoms. The molecule has 1 heterocycles.